The molecule has 1 amide bonds. The van der Waals surface area contributed by atoms with E-state index < -0.39 is 5.82 Å². The minimum absolute atomic E-state index is 0.0166. The number of rotatable bonds is 4. The Morgan fingerprint density at radius 3 is 2.85 bits per heavy atom. The molecule has 0 radical (unpaired) electrons. The minimum atomic E-state index is -0.434. The van der Waals surface area contributed by atoms with E-state index in [-0.39, 0.29) is 17.3 Å². The maximum atomic E-state index is 13.7. The third-order valence-corrected chi connectivity index (χ3v) is 5.83. The zero-order valence-electron chi connectivity index (χ0n) is 15.6. The summed E-state index contributed by atoms with van der Waals surface area (Å²) in [6.07, 6.45) is 5.08. The van der Waals surface area contributed by atoms with Gasteiger partial charge in [0.25, 0.3) is 5.91 Å². The number of likely N-dealkylation sites (tertiary alicyclic amines) is 2. The van der Waals surface area contributed by atoms with Gasteiger partial charge in [0, 0.05) is 32.5 Å². The lowest BCUT2D eigenvalue weighted by molar-refractivity contribution is -0.0699. The second kappa shape index (κ2) is 6.92. The van der Waals surface area contributed by atoms with Crippen molar-refractivity contribution in [2.45, 2.75) is 18.4 Å². The third kappa shape index (κ3) is 3.29. The predicted molar refractivity (Wildman–Crippen MR) is 96.9 cm³/mol. The molecule has 0 N–H and O–H groups in total. The molecule has 2 aliphatic heterocycles. The molecule has 0 aromatic carbocycles. The second-order valence-corrected chi connectivity index (χ2v) is 7.61. The van der Waals surface area contributed by atoms with Gasteiger partial charge in [-0.15, -0.1) is 0 Å². The van der Waals surface area contributed by atoms with Crippen LogP contribution < -0.4 is 4.74 Å². The summed E-state index contributed by atoms with van der Waals surface area (Å²) in [7, 11) is 3.89. The van der Waals surface area contributed by atoms with Gasteiger partial charge in [-0.25, -0.2) is 9.37 Å². The van der Waals surface area contributed by atoms with Crippen LogP contribution in [0.5, 0.6) is 5.88 Å². The van der Waals surface area contributed by atoms with Crippen molar-refractivity contribution in [3.8, 4) is 5.88 Å². The number of carbonyl (C=O) groups is 1. The lowest BCUT2D eigenvalue weighted by atomic mass is 9.75. The van der Waals surface area contributed by atoms with Gasteiger partial charge in [0.05, 0.1) is 12.1 Å². The highest BCUT2D eigenvalue weighted by molar-refractivity contribution is 5.93. The van der Waals surface area contributed by atoms with Gasteiger partial charge >= 0.3 is 0 Å². The molecular weight excluding hydrogens is 349 g/mol. The third-order valence-electron chi connectivity index (χ3n) is 5.83. The summed E-state index contributed by atoms with van der Waals surface area (Å²) < 4.78 is 20.9. The average Bonchev–Trinajstić information content (AvgIpc) is 3.06. The number of hydrogen-bond donors (Lipinski definition) is 0. The zero-order valence-corrected chi connectivity index (χ0v) is 15.6. The highest BCUT2D eigenvalue weighted by Gasteiger charge is 2.51. The Morgan fingerprint density at radius 2 is 2.15 bits per heavy atom. The molecule has 2 aromatic rings. The molecule has 2 saturated heterocycles. The summed E-state index contributed by atoms with van der Waals surface area (Å²) in [4.78, 5) is 20.8. The molecule has 2 aromatic heterocycles. The lowest BCUT2D eigenvalue weighted by Crippen LogP contribution is -2.72. The van der Waals surface area contributed by atoms with Gasteiger partial charge in [0.15, 0.2) is 5.82 Å². The summed E-state index contributed by atoms with van der Waals surface area (Å²) in [5, 5.41) is 4.08. The van der Waals surface area contributed by atoms with Crippen molar-refractivity contribution in [2.75, 3.05) is 33.3 Å². The maximum absolute atomic E-state index is 13.7. The van der Waals surface area contributed by atoms with Gasteiger partial charge in [-0.3, -0.25) is 14.4 Å². The molecule has 1 unspecified atom stereocenters. The number of carbonyl (C=O) groups excluding carboxylic acids is 1. The van der Waals surface area contributed by atoms with Crippen LogP contribution in [0.1, 0.15) is 23.3 Å². The van der Waals surface area contributed by atoms with Crippen LogP contribution >= 0.6 is 0 Å². The standard InChI is InChI=1S/C19H24FN5O2/c1-23-9-6-14(11-27-17-15(20)4-3-7-21-17)10-19(23)12-25(13-19)18(26)16-5-8-22-24(16)2/h3-5,7-8,14H,6,9-13H2,1-2H3. The number of nitrogens with zero attached hydrogens (tertiary/aromatic N) is 5. The molecule has 0 aliphatic carbocycles. The van der Waals surface area contributed by atoms with Crippen molar-refractivity contribution in [1.29, 1.82) is 0 Å². The van der Waals surface area contributed by atoms with E-state index in [4.69, 9.17) is 4.74 Å². The molecule has 2 fully saturated rings. The monoisotopic (exact) mass is 373 g/mol. The Kier molecular flexibility index (Phi) is 4.59. The highest BCUT2D eigenvalue weighted by Crippen LogP contribution is 2.39. The summed E-state index contributed by atoms with van der Waals surface area (Å²) in [6.45, 7) is 2.77. The van der Waals surface area contributed by atoms with E-state index in [2.05, 4.69) is 22.0 Å². The zero-order chi connectivity index (χ0) is 19.0. The van der Waals surface area contributed by atoms with Gasteiger partial charge in [-0.2, -0.15) is 5.10 Å². The normalized spacial score (nSPS) is 21.9. The van der Waals surface area contributed by atoms with Gasteiger partial charge < -0.3 is 9.64 Å². The number of aromatic nitrogens is 3. The van der Waals surface area contributed by atoms with Crippen LogP contribution in [0, 0.1) is 11.7 Å². The molecule has 4 rings (SSSR count). The van der Waals surface area contributed by atoms with E-state index in [1.54, 1.807) is 30.1 Å². The molecule has 7 nitrogen and oxygen atoms in total. The van der Waals surface area contributed by atoms with Crippen LogP contribution in [0.15, 0.2) is 30.6 Å². The first-order valence-corrected chi connectivity index (χ1v) is 9.20. The second-order valence-electron chi connectivity index (χ2n) is 7.61. The van der Waals surface area contributed by atoms with Crippen LogP contribution in [-0.2, 0) is 7.05 Å². The highest BCUT2D eigenvalue weighted by atomic mass is 19.1. The summed E-state index contributed by atoms with van der Waals surface area (Å²) >= 11 is 0. The molecular formula is C19H24FN5O2. The molecule has 144 valence electrons. The van der Waals surface area contributed by atoms with Gasteiger partial charge in [-0.05, 0) is 50.6 Å². The van der Waals surface area contributed by atoms with Crippen LogP contribution in [0.2, 0.25) is 0 Å². The maximum Gasteiger partial charge on any atom is 0.272 e. The van der Waals surface area contributed by atoms with E-state index >= 15 is 0 Å². The fourth-order valence-electron chi connectivity index (χ4n) is 4.15. The lowest BCUT2D eigenvalue weighted by Gasteiger charge is -2.58. The van der Waals surface area contributed by atoms with Gasteiger partial charge in [0.2, 0.25) is 5.88 Å². The van der Waals surface area contributed by atoms with Crippen LogP contribution in [0.4, 0.5) is 4.39 Å². The first kappa shape index (κ1) is 17.9. The van der Waals surface area contributed by atoms with Crippen molar-refractivity contribution in [3.05, 3.63) is 42.1 Å². The Balaban J connectivity index is 1.37. The Hall–Kier alpha value is -2.48. The number of ether oxygens (including phenoxy) is 1. The van der Waals surface area contributed by atoms with Gasteiger partial charge in [-0.1, -0.05) is 0 Å². The smallest absolute Gasteiger partial charge is 0.272 e. The van der Waals surface area contributed by atoms with E-state index in [0.29, 0.717) is 31.3 Å². The molecule has 2 aliphatic rings. The van der Waals surface area contributed by atoms with Crippen molar-refractivity contribution in [3.63, 3.8) is 0 Å². The summed E-state index contributed by atoms with van der Waals surface area (Å²) in [6, 6.07) is 4.65. The topological polar surface area (TPSA) is 63.5 Å². The molecule has 1 atom stereocenters. The molecule has 0 saturated carbocycles. The van der Waals surface area contributed by atoms with Crippen LogP contribution in [0.3, 0.4) is 0 Å². The largest absolute Gasteiger partial charge is 0.475 e. The number of halogens is 1. The Morgan fingerprint density at radius 1 is 1.33 bits per heavy atom. The number of piperidine rings is 1. The van der Waals surface area contributed by atoms with E-state index in [0.717, 1.165) is 19.4 Å². The van der Waals surface area contributed by atoms with Crippen molar-refractivity contribution >= 4 is 5.91 Å². The van der Waals surface area contributed by atoms with Crippen molar-refractivity contribution < 1.29 is 13.9 Å². The molecule has 8 heteroatoms. The predicted octanol–water partition coefficient (Wildman–Crippen LogP) is 1.57. The van der Waals surface area contributed by atoms with Crippen molar-refractivity contribution in [1.82, 2.24) is 24.6 Å². The van der Waals surface area contributed by atoms with E-state index in [9.17, 15) is 9.18 Å². The number of pyridine rings is 1. The summed E-state index contributed by atoms with van der Waals surface area (Å²) in [5.74, 6) is -0.0386. The molecule has 27 heavy (non-hydrogen) atoms. The van der Waals surface area contributed by atoms with E-state index in [1.165, 1.54) is 12.3 Å². The number of aryl methyl sites for hydroxylation is 1. The number of likely N-dealkylation sites (N-methyl/N-ethyl adjacent to an activating group) is 1. The molecule has 0 bridgehead atoms. The minimum Gasteiger partial charge on any atom is -0.475 e. The quantitative estimate of drug-likeness (QED) is 0.814. The Bertz CT molecular complexity index is 833. The average molecular weight is 373 g/mol. The van der Waals surface area contributed by atoms with Crippen molar-refractivity contribution in [2.24, 2.45) is 13.0 Å². The van der Waals surface area contributed by atoms with E-state index in [1.807, 2.05) is 4.90 Å². The first-order valence-electron chi connectivity index (χ1n) is 9.20. The van der Waals surface area contributed by atoms with Crippen LogP contribution in [0.25, 0.3) is 0 Å². The van der Waals surface area contributed by atoms with Crippen LogP contribution in [-0.4, -0.2) is 69.3 Å². The fourth-order valence-corrected chi connectivity index (χ4v) is 4.15. The molecule has 1 spiro atoms. The SMILES string of the molecule is CN1CCC(COc2ncccc2F)CC12CN(C(=O)c1ccnn1C)C2. The molecule has 4 heterocycles. The Labute approximate surface area is 157 Å². The fraction of sp³-hybridized carbons (Fsp3) is 0.526. The first-order chi connectivity index (χ1) is 13.0. The summed E-state index contributed by atoms with van der Waals surface area (Å²) in [5.41, 5.74) is 0.581. The van der Waals surface area contributed by atoms with Gasteiger partial charge in [0.1, 0.15) is 5.69 Å². The number of hydrogen-bond acceptors (Lipinski definition) is 5. The number of amides is 1.